The van der Waals surface area contributed by atoms with Crippen molar-refractivity contribution >= 4 is 27.5 Å². The third-order valence-electron chi connectivity index (χ3n) is 5.81. The van der Waals surface area contributed by atoms with Gasteiger partial charge in [0, 0.05) is 12.6 Å². The topological polar surface area (TPSA) is 96.0 Å². The molecule has 2 aromatic rings. The number of ether oxygens (including phenoxy) is 1. The lowest BCUT2D eigenvalue weighted by Crippen LogP contribution is -2.52. The summed E-state index contributed by atoms with van der Waals surface area (Å²) in [5.41, 5.74) is 2.13. The second-order valence-corrected chi connectivity index (χ2v) is 12.2. The number of carbonyl (C=O) groups is 2. The third kappa shape index (κ3) is 7.98. The maximum atomic E-state index is 13.6. The summed E-state index contributed by atoms with van der Waals surface area (Å²) < 4.78 is 31.7. The van der Waals surface area contributed by atoms with Gasteiger partial charge in [-0.25, -0.2) is 8.42 Å². The number of rotatable bonds is 10. The second-order valence-electron chi connectivity index (χ2n) is 10.3. The van der Waals surface area contributed by atoms with Gasteiger partial charge < -0.3 is 15.0 Å². The van der Waals surface area contributed by atoms with Crippen LogP contribution in [0.5, 0.6) is 5.75 Å². The number of amides is 2. The van der Waals surface area contributed by atoms with Crippen molar-refractivity contribution < 1.29 is 22.7 Å². The number of anilines is 1. The van der Waals surface area contributed by atoms with E-state index in [1.807, 2.05) is 38.1 Å². The molecule has 0 heterocycles. The van der Waals surface area contributed by atoms with Crippen LogP contribution >= 0.6 is 0 Å². The molecular weight excluding hydrogens is 478 g/mol. The molecule has 36 heavy (non-hydrogen) atoms. The molecule has 2 rings (SSSR count). The summed E-state index contributed by atoms with van der Waals surface area (Å²) >= 11 is 0. The minimum atomic E-state index is -3.77. The van der Waals surface area contributed by atoms with Crippen LogP contribution in [0.4, 0.5) is 5.69 Å². The first kappa shape index (κ1) is 29.2. The molecule has 0 aliphatic heterocycles. The molecule has 0 saturated carbocycles. The molecule has 0 spiro atoms. The minimum Gasteiger partial charge on any atom is -0.497 e. The van der Waals surface area contributed by atoms with E-state index in [-0.39, 0.29) is 23.9 Å². The summed E-state index contributed by atoms with van der Waals surface area (Å²) in [7, 11) is -2.21. The van der Waals surface area contributed by atoms with E-state index in [0.717, 1.165) is 21.7 Å². The van der Waals surface area contributed by atoms with Crippen LogP contribution in [-0.4, -0.2) is 57.1 Å². The van der Waals surface area contributed by atoms with Gasteiger partial charge in [-0.05, 0) is 61.6 Å². The monoisotopic (exact) mass is 517 g/mol. The fourth-order valence-corrected chi connectivity index (χ4v) is 4.51. The van der Waals surface area contributed by atoms with Gasteiger partial charge in [0.25, 0.3) is 0 Å². The molecule has 198 valence electrons. The average molecular weight is 518 g/mol. The van der Waals surface area contributed by atoms with Gasteiger partial charge in [0.05, 0.1) is 19.1 Å². The number of carbonyl (C=O) groups excluding carboxylic acids is 2. The molecule has 0 aliphatic carbocycles. The van der Waals surface area contributed by atoms with Crippen LogP contribution in [-0.2, 0) is 31.6 Å². The van der Waals surface area contributed by atoms with Crippen LogP contribution in [0.1, 0.15) is 52.7 Å². The van der Waals surface area contributed by atoms with E-state index in [1.165, 1.54) is 4.90 Å². The van der Waals surface area contributed by atoms with E-state index in [9.17, 15) is 18.0 Å². The molecule has 0 radical (unpaired) electrons. The van der Waals surface area contributed by atoms with Gasteiger partial charge >= 0.3 is 0 Å². The largest absolute Gasteiger partial charge is 0.497 e. The summed E-state index contributed by atoms with van der Waals surface area (Å²) in [5, 5.41) is 2.83. The average Bonchev–Trinajstić information content (AvgIpc) is 2.79. The highest BCUT2D eigenvalue weighted by atomic mass is 32.2. The van der Waals surface area contributed by atoms with Crippen LogP contribution in [0.15, 0.2) is 48.5 Å². The Morgan fingerprint density at radius 2 is 1.53 bits per heavy atom. The highest BCUT2D eigenvalue weighted by Crippen LogP contribution is 2.26. The van der Waals surface area contributed by atoms with Crippen LogP contribution in [0.3, 0.4) is 0 Å². The van der Waals surface area contributed by atoms with Gasteiger partial charge in [-0.2, -0.15) is 0 Å². The smallest absolute Gasteiger partial charge is 0.244 e. The number of hydrogen-bond donors (Lipinski definition) is 1. The molecule has 0 fully saturated rings. The number of benzene rings is 2. The highest BCUT2D eigenvalue weighted by Gasteiger charge is 2.30. The Morgan fingerprint density at radius 3 is 1.97 bits per heavy atom. The predicted octanol–water partition coefficient (Wildman–Crippen LogP) is 3.70. The van der Waals surface area contributed by atoms with Crippen molar-refractivity contribution in [3.63, 3.8) is 0 Å². The van der Waals surface area contributed by atoms with E-state index in [2.05, 4.69) is 26.1 Å². The fourth-order valence-electron chi connectivity index (χ4n) is 3.66. The zero-order valence-corrected chi connectivity index (χ0v) is 23.3. The van der Waals surface area contributed by atoms with Crippen LogP contribution in [0.25, 0.3) is 0 Å². The SMILES string of the molecule is COc1ccc(CN(C(=O)CN(c2ccc(C(C)(C)C)cc2)S(C)(=O)=O)[C@H](C)C(=O)NC(C)C)cc1. The highest BCUT2D eigenvalue weighted by molar-refractivity contribution is 7.92. The molecule has 9 heteroatoms. The van der Waals surface area contributed by atoms with Gasteiger partial charge in [0.1, 0.15) is 18.3 Å². The van der Waals surface area contributed by atoms with Gasteiger partial charge in [-0.15, -0.1) is 0 Å². The standard InChI is InChI=1S/C27H39N3O5S/c1-19(2)28-26(32)20(3)29(17-21-9-15-24(35-7)16-10-21)25(31)18-30(36(8,33)34)23-13-11-22(12-14-23)27(4,5)6/h9-16,19-20H,17-18H2,1-8H3,(H,28,32)/t20-/m1/s1. The molecule has 1 N–H and O–H groups in total. The first-order chi connectivity index (χ1) is 16.6. The molecule has 2 aromatic carbocycles. The van der Waals surface area contributed by atoms with Crippen LogP contribution in [0.2, 0.25) is 0 Å². The molecular formula is C27H39N3O5S. The van der Waals surface area contributed by atoms with E-state index in [1.54, 1.807) is 38.3 Å². The Labute approximate surface area is 215 Å². The van der Waals surface area contributed by atoms with Gasteiger partial charge in [-0.3, -0.25) is 13.9 Å². The first-order valence-corrected chi connectivity index (χ1v) is 13.8. The molecule has 1 atom stereocenters. The van der Waals surface area contributed by atoms with Crippen LogP contribution < -0.4 is 14.4 Å². The summed E-state index contributed by atoms with van der Waals surface area (Å²) in [6, 6.07) is 13.4. The number of nitrogens with one attached hydrogen (secondary N) is 1. The second kappa shape index (κ2) is 11.8. The zero-order chi connectivity index (χ0) is 27.3. The van der Waals surface area contributed by atoms with E-state index in [0.29, 0.717) is 11.4 Å². The first-order valence-electron chi connectivity index (χ1n) is 11.9. The van der Waals surface area contributed by atoms with E-state index in [4.69, 9.17) is 4.74 Å². The number of sulfonamides is 1. The van der Waals surface area contributed by atoms with Crippen molar-refractivity contribution in [2.45, 2.75) is 65.6 Å². The third-order valence-corrected chi connectivity index (χ3v) is 6.95. The van der Waals surface area contributed by atoms with Crippen LogP contribution in [0, 0.1) is 0 Å². The molecule has 2 amide bonds. The lowest BCUT2D eigenvalue weighted by Gasteiger charge is -2.32. The minimum absolute atomic E-state index is 0.0986. The summed E-state index contributed by atoms with van der Waals surface area (Å²) in [6.07, 6.45) is 1.07. The maximum absolute atomic E-state index is 13.6. The Bertz CT molecular complexity index is 1140. The Morgan fingerprint density at radius 1 is 0.972 bits per heavy atom. The molecule has 0 bridgehead atoms. The molecule has 8 nitrogen and oxygen atoms in total. The summed E-state index contributed by atoms with van der Waals surface area (Å²) in [4.78, 5) is 27.8. The maximum Gasteiger partial charge on any atom is 0.244 e. The number of nitrogens with zero attached hydrogens (tertiary/aromatic N) is 2. The molecule has 0 saturated heterocycles. The number of methoxy groups -OCH3 is 1. The Hall–Kier alpha value is -3.07. The number of hydrogen-bond acceptors (Lipinski definition) is 5. The van der Waals surface area contributed by atoms with Crippen molar-refractivity contribution in [2.75, 3.05) is 24.2 Å². The van der Waals surface area contributed by atoms with Gasteiger partial charge in [0.15, 0.2) is 0 Å². The van der Waals surface area contributed by atoms with Crippen molar-refractivity contribution in [1.82, 2.24) is 10.2 Å². The lowest BCUT2D eigenvalue weighted by atomic mass is 9.87. The normalized spacial score (nSPS) is 12.7. The molecule has 0 unspecified atom stereocenters. The summed E-state index contributed by atoms with van der Waals surface area (Å²) in [5.74, 6) is -0.126. The zero-order valence-electron chi connectivity index (χ0n) is 22.5. The molecule has 0 aliphatic rings. The van der Waals surface area contributed by atoms with Crippen molar-refractivity contribution in [3.8, 4) is 5.75 Å². The van der Waals surface area contributed by atoms with E-state index < -0.39 is 28.5 Å². The van der Waals surface area contributed by atoms with Crippen molar-refractivity contribution in [2.24, 2.45) is 0 Å². The summed E-state index contributed by atoms with van der Waals surface area (Å²) in [6.45, 7) is 11.2. The van der Waals surface area contributed by atoms with E-state index >= 15 is 0 Å². The van der Waals surface area contributed by atoms with Crippen molar-refractivity contribution in [1.29, 1.82) is 0 Å². The van der Waals surface area contributed by atoms with Gasteiger partial charge in [0.2, 0.25) is 21.8 Å². The van der Waals surface area contributed by atoms with Gasteiger partial charge in [-0.1, -0.05) is 45.0 Å². The molecule has 0 aromatic heterocycles. The van der Waals surface area contributed by atoms with Crippen molar-refractivity contribution in [3.05, 3.63) is 59.7 Å². The Balaban J connectivity index is 2.39. The Kier molecular flexibility index (Phi) is 9.54. The lowest BCUT2D eigenvalue weighted by molar-refractivity contribution is -0.139. The fraction of sp³-hybridized carbons (Fsp3) is 0.481. The predicted molar refractivity (Wildman–Crippen MR) is 144 cm³/mol. The quantitative estimate of drug-likeness (QED) is 0.518.